The maximum Gasteiger partial charge on any atom is 0.251 e. The van der Waals surface area contributed by atoms with Crippen LogP contribution in [-0.4, -0.2) is 26.6 Å². The van der Waals surface area contributed by atoms with Gasteiger partial charge in [0.1, 0.15) is 0 Å². The minimum atomic E-state index is -3.44. The van der Waals surface area contributed by atoms with Crippen molar-refractivity contribution in [2.75, 3.05) is 10.6 Å². The van der Waals surface area contributed by atoms with Gasteiger partial charge in [-0.15, -0.1) is 0 Å². The average molecular weight is 399 g/mol. The van der Waals surface area contributed by atoms with E-state index in [1.54, 1.807) is 24.3 Å². The molecule has 6 heteroatoms. The van der Waals surface area contributed by atoms with Gasteiger partial charge in [0.15, 0.2) is 0 Å². The molecule has 0 radical (unpaired) electrons. The topological polar surface area (TPSA) is 66.5 Å². The lowest BCUT2D eigenvalue weighted by atomic mass is 9.95. The van der Waals surface area contributed by atoms with Crippen LogP contribution in [0.2, 0.25) is 0 Å². The first kappa shape index (κ1) is 19.0. The van der Waals surface area contributed by atoms with E-state index in [0.29, 0.717) is 17.2 Å². The molecule has 2 fully saturated rings. The predicted molar refractivity (Wildman–Crippen MR) is 111 cm³/mol. The van der Waals surface area contributed by atoms with E-state index in [1.165, 1.54) is 29.8 Å². The molecule has 0 aliphatic heterocycles. The Kier molecular flexibility index (Phi) is 5.15. The number of fused-ring (bicyclic) bond motifs is 2. The van der Waals surface area contributed by atoms with Crippen LogP contribution in [0.3, 0.4) is 0 Å². The number of hydrogen-bond donors (Lipinski definition) is 1. The van der Waals surface area contributed by atoms with E-state index in [-0.39, 0.29) is 18.5 Å². The molecule has 5 nitrogen and oxygen atoms in total. The van der Waals surface area contributed by atoms with Gasteiger partial charge >= 0.3 is 0 Å². The monoisotopic (exact) mass is 398 g/mol. The number of carbonyl (C=O) groups excluding carboxylic acids is 1. The predicted octanol–water partition coefficient (Wildman–Crippen LogP) is 3.57. The minimum absolute atomic E-state index is 0.0712. The van der Waals surface area contributed by atoms with Crippen molar-refractivity contribution >= 4 is 21.6 Å². The second-order valence-electron chi connectivity index (χ2n) is 8.06. The molecular weight excluding hydrogens is 372 g/mol. The average Bonchev–Trinajstić information content (AvgIpc) is 3.29. The first-order valence-electron chi connectivity index (χ1n) is 9.83. The molecule has 2 aromatic carbocycles. The van der Waals surface area contributed by atoms with E-state index in [2.05, 4.69) is 5.32 Å². The summed E-state index contributed by atoms with van der Waals surface area (Å²) in [7, 11) is -3.44. The van der Waals surface area contributed by atoms with E-state index in [4.69, 9.17) is 0 Å². The molecule has 4 rings (SSSR count). The van der Waals surface area contributed by atoms with Crippen LogP contribution in [0, 0.1) is 11.8 Å². The summed E-state index contributed by atoms with van der Waals surface area (Å²) >= 11 is 0. The van der Waals surface area contributed by atoms with Gasteiger partial charge in [-0.05, 0) is 60.9 Å². The number of amides is 1. The first-order chi connectivity index (χ1) is 13.4. The number of nitrogens with one attached hydrogen (secondary N) is 1. The van der Waals surface area contributed by atoms with Gasteiger partial charge in [0, 0.05) is 11.6 Å². The third kappa shape index (κ3) is 4.07. The molecule has 2 bridgehead atoms. The molecule has 2 saturated carbocycles. The number of hydrogen-bond acceptors (Lipinski definition) is 3. The maximum atomic E-state index is 12.6. The third-order valence-electron chi connectivity index (χ3n) is 6.04. The highest BCUT2D eigenvalue weighted by molar-refractivity contribution is 7.92. The fourth-order valence-electron chi connectivity index (χ4n) is 4.60. The zero-order valence-electron chi connectivity index (χ0n) is 16.0. The molecule has 0 aromatic heterocycles. The Hall–Kier alpha value is -2.34. The molecule has 2 aromatic rings. The van der Waals surface area contributed by atoms with Crippen molar-refractivity contribution < 1.29 is 13.2 Å². The van der Waals surface area contributed by atoms with Crippen molar-refractivity contribution in [1.29, 1.82) is 0 Å². The highest BCUT2D eigenvalue weighted by Gasteiger charge is 2.40. The van der Waals surface area contributed by atoms with Crippen LogP contribution in [-0.2, 0) is 16.6 Å². The second kappa shape index (κ2) is 7.59. The molecule has 0 unspecified atom stereocenters. The normalized spacial score (nSPS) is 23.5. The molecule has 3 atom stereocenters. The van der Waals surface area contributed by atoms with Gasteiger partial charge < -0.3 is 5.32 Å². The van der Waals surface area contributed by atoms with Gasteiger partial charge in [-0.25, -0.2) is 8.42 Å². The summed E-state index contributed by atoms with van der Waals surface area (Å²) in [5.41, 5.74) is 2.04. The lowest BCUT2D eigenvalue weighted by Gasteiger charge is -2.24. The molecule has 0 saturated heterocycles. The summed E-state index contributed by atoms with van der Waals surface area (Å²) in [6, 6.07) is 16.6. The van der Waals surface area contributed by atoms with Crippen molar-refractivity contribution in [3.63, 3.8) is 0 Å². The Morgan fingerprint density at radius 2 is 1.75 bits per heavy atom. The number of benzene rings is 2. The first-order valence-corrected chi connectivity index (χ1v) is 11.7. The lowest BCUT2D eigenvalue weighted by Crippen LogP contribution is -2.38. The summed E-state index contributed by atoms with van der Waals surface area (Å²) in [5, 5.41) is 3.17. The summed E-state index contributed by atoms with van der Waals surface area (Å²) in [6.07, 6.45) is 6.05. The maximum absolute atomic E-state index is 12.6. The lowest BCUT2D eigenvalue weighted by molar-refractivity contribution is 0.0923. The van der Waals surface area contributed by atoms with Crippen LogP contribution in [0.1, 0.15) is 41.6 Å². The molecule has 2 aliphatic rings. The number of rotatable bonds is 6. The molecule has 0 heterocycles. The summed E-state index contributed by atoms with van der Waals surface area (Å²) in [6.45, 7) is 0.260. The van der Waals surface area contributed by atoms with Crippen LogP contribution < -0.4 is 9.62 Å². The van der Waals surface area contributed by atoms with Crippen LogP contribution >= 0.6 is 0 Å². The Morgan fingerprint density at radius 3 is 2.32 bits per heavy atom. The second-order valence-corrected chi connectivity index (χ2v) is 9.96. The van der Waals surface area contributed by atoms with E-state index < -0.39 is 10.0 Å². The largest absolute Gasteiger partial charge is 0.349 e. The van der Waals surface area contributed by atoms with Gasteiger partial charge in [-0.3, -0.25) is 9.10 Å². The zero-order valence-corrected chi connectivity index (χ0v) is 16.9. The Bertz CT molecular complexity index is 942. The van der Waals surface area contributed by atoms with Crippen molar-refractivity contribution in [2.24, 2.45) is 11.8 Å². The molecule has 1 N–H and O–H groups in total. The van der Waals surface area contributed by atoms with Gasteiger partial charge in [-0.2, -0.15) is 0 Å². The number of sulfonamides is 1. The van der Waals surface area contributed by atoms with Crippen molar-refractivity contribution in [3.05, 3.63) is 65.7 Å². The van der Waals surface area contributed by atoms with Gasteiger partial charge in [0.05, 0.1) is 18.5 Å². The highest BCUT2D eigenvalue weighted by Crippen LogP contribution is 2.44. The highest BCUT2D eigenvalue weighted by atomic mass is 32.2. The smallest absolute Gasteiger partial charge is 0.251 e. The van der Waals surface area contributed by atoms with Crippen molar-refractivity contribution in [3.8, 4) is 0 Å². The van der Waals surface area contributed by atoms with E-state index in [0.717, 1.165) is 17.9 Å². The zero-order chi connectivity index (χ0) is 19.7. The Morgan fingerprint density at radius 1 is 1.04 bits per heavy atom. The number of carbonyl (C=O) groups is 1. The van der Waals surface area contributed by atoms with Crippen LogP contribution in [0.15, 0.2) is 54.6 Å². The van der Waals surface area contributed by atoms with E-state index in [9.17, 15) is 13.2 Å². The summed E-state index contributed by atoms with van der Waals surface area (Å²) < 4.78 is 26.0. The fourth-order valence-corrected chi connectivity index (χ4v) is 5.49. The SMILES string of the molecule is CS(=O)(=O)N(Cc1ccccc1)c1ccc(C(=O)N[C@H]2C[C@@H]3CC[C@@H]2C3)cc1. The van der Waals surface area contributed by atoms with Crippen LogP contribution in [0.5, 0.6) is 0 Å². The van der Waals surface area contributed by atoms with Gasteiger partial charge in [0.2, 0.25) is 10.0 Å². The summed E-state index contributed by atoms with van der Waals surface area (Å²) in [4.78, 5) is 12.6. The molecule has 28 heavy (non-hydrogen) atoms. The fraction of sp³-hybridized carbons (Fsp3) is 0.409. The Labute approximate surface area is 166 Å². The van der Waals surface area contributed by atoms with E-state index >= 15 is 0 Å². The summed E-state index contributed by atoms with van der Waals surface area (Å²) in [5.74, 6) is 1.33. The minimum Gasteiger partial charge on any atom is -0.349 e. The quantitative estimate of drug-likeness (QED) is 0.809. The molecule has 148 valence electrons. The van der Waals surface area contributed by atoms with Crippen LogP contribution in [0.25, 0.3) is 0 Å². The standard InChI is InChI=1S/C22H26N2O3S/c1-28(26,27)24(15-16-5-3-2-4-6-16)20-11-9-18(10-12-20)22(25)23-21-14-17-7-8-19(21)13-17/h2-6,9-12,17,19,21H,7-8,13-15H2,1H3,(H,23,25)/t17-,19-,21+/m1/s1. The third-order valence-corrected chi connectivity index (χ3v) is 7.18. The molecular formula is C22H26N2O3S. The van der Waals surface area contributed by atoms with Gasteiger partial charge in [0.25, 0.3) is 5.91 Å². The number of anilines is 1. The molecule has 2 aliphatic carbocycles. The van der Waals surface area contributed by atoms with E-state index in [1.807, 2.05) is 30.3 Å². The van der Waals surface area contributed by atoms with Crippen molar-refractivity contribution in [1.82, 2.24) is 5.32 Å². The van der Waals surface area contributed by atoms with Crippen molar-refractivity contribution in [2.45, 2.75) is 38.3 Å². The molecule has 0 spiro atoms. The van der Waals surface area contributed by atoms with Crippen LogP contribution in [0.4, 0.5) is 5.69 Å². The Balaban J connectivity index is 1.48. The number of nitrogens with zero attached hydrogens (tertiary/aromatic N) is 1. The van der Waals surface area contributed by atoms with Gasteiger partial charge in [-0.1, -0.05) is 36.8 Å². The molecule has 1 amide bonds.